The normalized spacial score (nSPS) is 15.1. The van der Waals surface area contributed by atoms with Gasteiger partial charge in [0.25, 0.3) is 0 Å². The number of oxazole rings is 1. The van der Waals surface area contributed by atoms with Crippen LogP contribution in [0.15, 0.2) is 21.9 Å². The highest BCUT2D eigenvalue weighted by atomic mass is 32.1. The van der Waals surface area contributed by atoms with Crippen LogP contribution in [0, 0.1) is 5.92 Å². The molecule has 0 atom stereocenters. The summed E-state index contributed by atoms with van der Waals surface area (Å²) in [5.41, 5.74) is 0.0697. The molecule has 3 rings (SSSR count). The smallest absolute Gasteiger partial charge is 0.358 e. The van der Waals surface area contributed by atoms with Crippen molar-refractivity contribution in [2.75, 3.05) is 0 Å². The average molecular weight is 249 g/mol. The highest BCUT2D eigenvalue weighted by molar-refractivity contribution is 7.13. The molecule has 1 aliphatic carbocycles. The van der Waals surface area contributed by atoms with Crippen molar-refractivity contribution < 1.29 is 14.3 Å². The Kier molecular flexibility index (Phi) is 2.48. The van der Waals surface area contributed by atoms with E-state index in [4.69, 9.17) is 9.52 Å². The van der Waals surface area contributed by atoms with Crippen molar-refractivity contribution in [3.05, 3.63) is 29.0 Å². The maximum absolute atomic E-state index is 11.1. The van der Waals surface area contributed by atoms with Crippen molar-refractivity contribution in [3.8, 4) is 10.8 Å². The van der Waals surface area contributed by atoms with E-state index >= 15 is 0 Å². The van der Waals surface area contributed by atoms with Crippen LogP contribution in [0.3, 0.4) is 0 Å². The topological polar surface area (TPSA) is 63.3 Å². The van der Waals surface area contributed by atoms with Gasteiger partial charge in [-0.2, -0.15) is 0 Å². The molecule has 0 bridgehead atoms. The van der Waals surface area contributed by atoms with Gasteiger partial charge < -0.3 is 9.52 Å². The van der Waals surface area contributed by atoms with Crippen molar-refractivity contribution >= 4 is 17.3 Å². The van der Waals surface area contributed by atoms with Gasteiger partial charge in [-0.05, 0) is 30.2 Å². The molecule has 1 aliphatic rings. The third-order valence-corrected chi connectivity index (χ3v) is 3.66. The van der Waals surface area contributed by atoms with Gasteiger partial charge in [-0.25, -0.2) is 9.78 Å². The summed E-state index contributed by atoms with van der Waals surface area (Å²) in [6.45, 7) is 0. The second kappa shape index (κ2) is 4.00. The minimum absolute atomic E-state index is 0.0697. The zero-order valence-corrected chi connectivity index (χ0v) is 9.87. The van der Waals surface area contributed by atoms with Gasteiger partial charge in [0.2, 0.25) is 5.89 Å². The van der Waals surface area contributed by atoms with E-state index in [-0.39, 0.29) is 5.69 Å². The van der Waals surface area contributed by atoms with Gasteiger partial charge in [-0.1, -0.05) is 6.07 Å². The third kappa shape index (κ3) is 2.10. The lowest BCUT2D eigenvalue weighted by Gasteiger charge is -1.93. The minimum Gasteiger partial charge on any atom is -0.476 e. The van der Waals surface area contributed by atoms with E-state index in [0.717, 1.165) is 17.7 Å². The third-order valence-electron chi connectivity index (χ3n) is 2.80. The van der Waals surface area contributed by atoms with Crippen molar-refractivity contribution in [2.45, 2.75) is 19.3 Å². The van der Waals surface area contributed by atoms with Gasteiger partial charge in [0.15, 0.2) is 5.69 Å². The van der Waals surface area contributed by atoms with Crippen LogP contribution in [0.2, 0.25) is 0 Å². The molecule has 0 aliphatic heterocycles. The molecule has 4 nitrogen and oxygen atoms in total. The SMILES string of the molecule is O=C(O)c1nc(-c2cccs2)oc1CC1CC1. The molecule has 2 aromatic heterocycles. The zero-order valence-electron chi connectivity index (χ0n) is 9.05. The van der Waals surface area contributed by atoms with Gasteiger partial charge in [-0.3, -0.25) is 0 Å². The zero-order chi connectivity index (χ0) is 11.8. The summed E-state index contributed by atoms with van der Waals surface area (Å²) in [7, 11) is 0. The van der Waals surface area contributed by atoms with E-state index in [1.54, 1.807) is 0 Å². The molecule has 2 aromatic rings. The van der Waals surface area contributed by atoms with Crippen LogP contribution >= 0.6 is 11.3 Å². The number of carbonyl (C=O) groups is 1. The Morgan fingerprint density at radius 1 is 1.59 bits per heavy atom. The van der Waals surface area contributed by atoms with Crippen molar-refractivity contribution in [1.82, 2.24) is 4.98 Å². The Morgan fingerprint density at radius 2 is 2.41 bits per heavy atom. The molecule has 0 amide bonds. The van der Waals surface area contributed by atoms with E-state index in [9.17, 15) is 4.79 Å². The predicted molar refractivity (Wildman–Crippen MR) is 63.2 cm³/mol. The van der Waals surface area contributed by atoms with Gasteiger partial charge in [-0.15, -0.1) is 11.3 Å². The number of aromatic nitrogens is 1. The van der Waals surface area contributed by atoms with E-state index in [0.29, 0.717) is 24.0 Å². The lowest BCUT2D eigenvalue weighted by atomic mass is 10.2. The first kappa shape index (κ1) is 10.5. The second-order valence-electron chi connectivity index (χ2n) is 4.22. The molecule has 1 fully saturated rings. The van der Waals surface area contributed by atoms with Gasteiger partial charge in [0.05, 0.1) is 4.88 Å². The van der Waals surface area contributed by atoms with Crippen molar-refractivity contribution in [3.63, 3.8) is 0 Å². The number of rotatable bonds is 4. The maximum Gasteiger partial charge on any atom is 0.358 e. The highest BCUT2D eigenvalue weighted by Crippen LogP contribution is 2.35. The first-order valence-electron chi connectivity index (χ1n) is 5.51. The Labute approximate surface area is 102 Å². The number of hydrogen-bond acceptors (Lipinski definition) is 4. The van der Waals surface area contributed by atoms with E-state index in [1.165, 1.54) is 11.3 Å². The summed E-state index contributed by atoms with van der Waals surface area (Å²) >= 11 is 1.50. The van der Waals surface area contributed by atoms with E-state index < -0.39 is 5.97 Å². The lowest BCUT2D eigenvalue weighted by Crippen LogP contribution is -2.01. The lowest BCUT2D eigenvalue weighted by molar-refractivity contribution is 0.0688. The van der Waals surface area contributed by atoms with Gasteiger partial charge >= 0.3 is 5.97 Å². The predicted octanol–water partition coefficient (Wildman–Crippen LogP) is 3.05. The van der Waals surface area contributed by atoms with Crippen LogP contribution in [0.25, 0.3) is 10.8 Å². The quantitative estimate of drug-likeness (QED) is 0.904. The first-order chi connectivity index (χ1) is 8.24. The summed E-state index contributed by atoms with van der Waals surface area (Å²) in [6, 6.07) is 3.77. The molecule has 0 unspecified atom stereocenters. The van der Waals surface area contributed by atoms with Gasteiger partial charge in [0.1, 0.15) is 5.76 Å². The number of thiophene rings is 1. The first-order valence-corrected chi connectivity index (χ1v) is 6.39. The second-order valence-corrected chi connectivity index (χ2v) is 5.17. The Morgan fingerprint density at radius 3 is 3.00 bits per heavy atom. The number of nitrogens with zero attached hydrogens (tertiary/aromatic N) is 1. The molecule has 5 heteroatoms. The monoisotopic (exact) mass is 249 g/mol. The fourth-order valence-electron chi connectivity index (χ4n) is 1.75. The molecule has 2 heterocycles. The summed E-state index contributed by atoms with van der Waals surface area (Å²) in [4.78, 5) is 16.0. The van der Waals surface area contributed by atoms with Crippen LogP contribution in [0.5, 0.6) is 0 Å². The Hall–Kier alpha value is -1.62. The number of carboxylic acid groups (broad SMARTS) is 1. The Bertz CT molecular complexity index is 540. The minimum atomic E-state index is -1.01. The molecule has 0 aromatic carbocycles. The molecule has 17 heavy (non-hydrogen) atoms. The summed E-state index contributed by atoms with van der Waals surface area (Å²) in [6.07, 6.45) is 3.02. The largest absolute Gasteiger partial charge is 0.476 e. The number of carboxylic acids is 1. The van der Waals surface area contributed by atoms with Crippen molar-refractivity contribution in [2.24, 2.45) is 5.92 Å². The average Bonchev–Trinajstić information content (AvgIpc) is 2.82. The summed E-state index contributed by atoms with van der Waals surface area (Å²) in [5, 5.41) is 11.0. The molecule has 88 valence electrons. The van der Waals surface area contributed by atoms with Crippen LogP contribution in [0.4, 0.5) is 0 Å². The molecule has 0 radical (unpaired) electrons. The molecular formula is C12H11NO3S. The standard InChI is InChI=1S/C12H11NO3S/c14-12(15)10-8(6-7-3-4-7)16-11(13-10)9-2-1-5-17-9/h1-2,5,7H,3-4,6H2,(H,14,15). The van der Waals surface area contributed by atoms with Crippen molar-refractivity contribution in [1.29, 1.82) is 0 Å². The molecule has 1 N–H and O–H groups in total. The van der Waals surface area contributed by atoms with Crippen LogP contribution in [0.1, 0.15) is 29.1 Å². The summed E-state index contributed by atoms with van der Waals surface area (Å²) in [5.74, 6) is 0.515. The van der Waals surface area contributed by atoms with Gasteiger partial charge in [0, 0.05) is 6.42 Å². The number of aromatic carboxylic acids is 1. The molecule has 0 spiro atoms. The van der Waals surface area contributed by atoms with Crippen LogP contribution < -0.4 is 0 Å². The van der Waals surface area contributed by atoms with Crippen LogP contribution in [-0.2, 0) is 6.42 Å². The Balaban J connectivity index is 1.97. The molecular weight excluding hydrogens is 238 g/mol. The molecule has 0 saturated heterocycles. The molecule has 1 saturated carbocycles. The fraction of sp³-hybridized carbons (Fsp3) is 0.333. The fourth-order valence-corrected chi connectivity index (χ4v) is 2.40. The number of hydrogen-bond donors (Lipinski definition) is 1. The van der Waals surface area contributed by atoms with E-state index in [2.05, 4.69) is 4.98 Å². The maximum atomic E-state index is 11.1. The summed E-state index contributed by atoms with van der Waals surface area (Å²) < 4.78 is 5.59. The van der Waals surface area contributed by atoms with Crippen LogP contribution in [-0.4, -0.2) is 16.1 Å². The highest BCUT2D eigenvalue weighted by Gasteiger charge is 2.28. The van der Waals surface area contributed by atoms with E-state index in [1.807, 2.05) is 17.5 Å².